The first-order valence-corrected chi connectivity index (χ1v) is 4.82. The molecule has 0 saturated carbocycles. The Hall–Kier alpha value is -1.97. The van der Waals surface area contributed by atoms with Crippen LogP contribution in [0.1, 0.15) is 30.1 Å². The number of hydrogen-bond donors (Lipinski definition) is 1. The lowest BCUT2D eigenvalue weighted by molar-refractivity contribution is -0.125. The van der Waals surface area contributed by atoms with Gasteiger partial charge in [0, 0.05) is 5.56 Å². The van der Waals surface area contributed by atoms with Crippen molar-refractivity contribution < 1.29 is 19.5 Å². The summed E-state index contributed by atoms with van der Waals surface area (Å²) in [5.41, 5.74) is 0.356. The fourth-order valence-electron chi connectivity index (χ4n) is 1.27. The minimum absolute atomic E-state index is 0.0617. The predicted molar refractivity (Wildman–Crippen MR) is 57.4 cm³/mol. The van der Waals surface area contributed by atoms with E-state index in [4.69, 9.17) is 5.11 Å². The molecule has 0 aliphatic carbocycles. The van der Waals surface area contributed by atoms with E-state index in [-0.39, 0.29) is 35.9 Å². The maximum atomic E-state index is 11.5. The summed E-state index contributed by atoms with van der Waals surface area (Å²) in [4.78, 5) is 33.4. The van der Waals surface area contributed by atoms with Crippen LogP contribution in [0.15, 0.2) is 24.3 Å². The highest BCUT2D eigenvalue weighted by atomic mass is 16.3. The van der Waals surface area contributed by atoms with Gasteiger partial charge in [-0.2, -0.15) is 0 Å². The molecule has 0 radical (unpaired) electrons. The van der Waals surface area contributed by atoms with Gasteiger partial charge in [0.1, 0.15) is 17.3 Å². The highest BCUT2D eigenvalue weighted by molar-refractivity contribution is 6.12. The summed E-state index contributed by atoms with van der Waals surface area (Å²) in [6.07, 6.45) is -0.478. The second-order valence-corrected chi connectivity index (χ2v) is 3.56. The lowest BCUT2D eigenvalue weighted by atomic mass is 10.0. The van der Waals surface area contributed by atoms with Crippen molar-refractivity contribution in [2.75, 3.05) is 0 Å². The highest BCUT2D eigenvalue weighted by Crippen LogP contribution is 2.11. The van der Waals surface area contributed by atoms with Gasteiger partial charge < -0.3 is 5.11 Å². The van der Waals surface area contributed by atoms with Crippen LogP contribution in [0.25, 0.3) is 0 Å². The summed E-state index contributed by atoms with van der Waals surface area (Å²) < 4.78 is 0. The zero-order valence-corrected chi connectivity index (χ0v) is 8.90. The minimum atomic E-state index is -0.384. The van der Waals surface area contributed by atoms with Gasteiger partial charge in [-0.05, 0) is 31.2 Å². The zero-order chi connectivity index (χ0) is 12.1. The van der Waals surface area contributed by atoms with E-state index in [0.717, 1.165) is 0 Å². The van der Waals surface area contributed by atoms with Crippen LogP contribution in [0.5, 0.6) is 5.75 Å². The molecule has 4 heteroatoms. The Morgan fingerprint density at radius 2 is 1.62 bits per heavy atom. The molecule has 0 fully saturated rings. The van der Waals surface area contributed by atoms with Crippen LogP contribution in [0, 0.1) is 0 Å². The molecule has 1 N–H and O–H groups in total. The van der Waals surface area contributed by atoms with Crippen LogP contribution in [-0.2, 0) is 9.59 Å². The fraction of sp³-hybridized carbons (Fsp3) is 0.250. The third kappa shape index (κ3) is 3.65. The number of phenolic OH excluding ortho intramolecular Hbond substituents is 1. The van der Waals surface area contributed by atoms with Crippen molar-refractivity contribution in [1.82, 2.24) is 0 Å². The number of aromatic hydroxyl groups is 1. The summed E-state index contributed by atoms with van der Waals surface area (Å²) in [7, 11) is 0. The SMILES string of the molecule is CC(=O)CC(=O)CC(=O)c1ccc(O)cc1. The van der Waals surface area contributed by atoms with Crippen LogP contribution >= 0.6 is 0 Å². The number of rotatable bonds is 5. The molecular weight excluding hydrogens is 208 g/mol. The summed E-state index contributed by atoms with van der Waals surface area (Å²) in [6.45, 7) is 1.31. The van der Waals surface area contributed by atoms with Gasteiger partial charge in [0.15, 0.2) is 5.78 Å². The maximum absolute atomic E-state index is 11.5. The van der Waals surface area contributed by atoms with E-state index in [1.165, 1.54) is 31.2 Å². The van der Waals surface area contributed by atoms with E-state index in [0.29, 0.717) is 5.56 Å². The number of carbonyl (C=O) groups excluding carboxylic acids is 3. The van der Waals surface area contributed by atoms with Gasteiger partial charge in [0.05, 0.1) is 12.8 Å². The molecule has 0 amide bonds. The third-order valence-electron chi connectivity index (χ3n) is 1.99. The van der Waals surface area contributed by atoms with E-state index in [1.807, 2.05) is 0 Å². The van der Waals surface area contributed by atoms with E-state index in [9.17, 15) is 14.4 Å². The molecule has 0 bridgehead atoms. The summed E-state index contributed by atoms with van der Waals surface area (Å²) in [5.74, 6) is -0.910. The first-order chi connectivity index (χ1) is 7.49. The van der Waals surface area contributed by atoms with Crippen LogP contribution in [-0.4, -0.2) is 22.5 Å². The summed E-state index contributed by atoms with van der Waals surface area (Å²) in [5, 5.41) is 9.02. The van der Waals surface area contributed by atoms with Gasteiger partial charge >= 0.3 is 0 Å². The molecule has 0 aliphatic rings. The van der Waals surface area contributed by atoms with Crippen molar-refractivity contribution in [3.63, 3.8) is 0 Å². The van der Waals surface area contributed by atoms with Crippen molar-refractivity contribution in [1.29, 1.82) is 0 Å². The Morgan fingerprint density at radius 1 is 1.06 bits per heavy atom. The number of hydrogen-bond acceptors (Lipinski definition) is 4. The van der Waals surface area contributed by atoms with E-state index < -0.39 is 0 Å². The van der Waals surface area contributed by atoms with Crippen molar-refractivity contribution in [3.8, 4) is 5.75 Å². The number of benzene rings is 1. The van der Waals surface area contributed by atoms with Crippen LogP contribution in [0.4, 0.5) is 0 Å². The Labute approximate surface area is 92.9 Å². The van der Waals surface area contributed by atoms with E-state index in [2.05, 4.69) is 0 Å². The topological polar surface area (TPSA) is 71.4 Å². The second-order valence-electron chi connectivity index (χ2n) is 3.56. The normalized spacial score (nSPS) is 9.81. The molecule has 0 atom stereocenters. The molecule has 1 rings (SSSR count). The molecule has 0 aliphatic heterocycles. The third-order valence-corrected chi connectivity index (χ3v) is 1.99. The highest BCUT2D eigenvalue weighted by Gasteiger charge is 2.13. The molecular formula is C12H12O4. The second kappa shape index (κ2) is 5.21. The summed E-state index contributed by atoms with van der Waals surface area (Å²) in [6, 6.07) is 5.64. The van der Waals surface area contributed by atoms with Gasteiger partial charge in [0.25, 0.3) is 0 Å². The quantitative estimate of drug-likeness (QED) is 0.603. The predicted octanol–water partition coefficient (Wildman–Crippen LogP) is 1.51. The molecule has 0 unspecified atom stereocenters. The molecule has 4 nitrogen and oxygen atoms in total. The van der Waals surface area contributed by atoms with E-state index in [1.54, 1.807) is 0 Å². The Bertz CT molecular complexity index is 417. The fourth-order valence-corrected chi connectivity index (χ4v) is 1.27. The molecule has 84 valence electrons. The maximum Gasteiger partial charge on any atom is 0.170 e. The Morgan fingerprint density at radius 3 is 2.12 bits per heavy atom. The largest absolute Gasteiger partial charge is 0.508 e. The average molecular weight is 220 g/mol. The van der Waals surface area contributed by atoms with Crippen LogP contribution in [0.3, 0.4) is 0 Å². The van der Waals surface area contributed by atoms with Gasteiger partial charge in [-0.25, -0.2) is 0 Å². The average Bonchev–Trinajstić information content (AvgIpc) is 2.16. The monoisotopic (exact) mass is 220 g/mol. The smallest absolute Gasteiger partial charge is 0.170 e. The van der Waals surface area contributed by atoms with Crippen molar-refractivity contribution >= 4 is 17.3 Å². The number of carbonyl (C=O) groups is 3. The van der Waals surface area contributed by atoms with Gasteiger partial charge in [-0.15, -0.1) is 0 Å². The van der Waals surface area contributed by atoms with Gasteiger partial charge in [-0.1, -0.05) is 0 Å². The standard InChI is InChI=1S/C12H12O4/c1-8(13)6-11(15)7-12(16)9-2-4-10(14)5-3-9/h2-5,14H,6-7H2,1H3. The number of ketones is 3. The molecule has 1 aromatic rings. The van der Waals surface area contributed by atoms with Gasteiger partial charge in [-0.3, -0.25) is 14.4 Å². The van der Waals surface area contributed by atoms with E-state index >= 15 is 0 Å². The summed E-state index contributed by atoms with van der Waals surface area (Å²) >= 11 is 0. The van der Waals surface area contributed by atoms with Gasteiger partial charge in [0.2, 0.25) is 0 Å². The van der Waals surface area contributed by atoms with Crippen molar-refractivity contribution in [2.24, 2.45) is 0 Å². The molecule has 0 heterocycles. The van der Waals surface area contributed by atoms with Crippen molar-refractivity contribution in [3.05, 3.63) is 29.8 Å². The first-order valence-electron chi connectivity index (χ1n) is 4.82. The number of phenols is 1. The molecule has 16 heavy (non-hydrogen) atoms. The molecule has 0 aromatic heterocycles. The molecule has 0 saturated heterocycles. The van der Waals surface area contributed by atoms with Crippen LogP contribution in [0.2, 0.25) is 0 Å². The van der Waals surface area contributed by atoms with Crippen LogP contribution < -0.4 is 0 Å². The number of Topliss-reactive ketones (excluding diaryl/α,β-unsaturated/α-hetero) is 3. The lowest BCUT2D eigenvalue weighted by Gasteiger charge is -1.99. The Balaban J connectivity index is 2.62. The zero-order valence-electron chi connectivity index (χ0n) is 8.90. The first kappa shape index (κ1) is 12.1. The Kier molecular flexibility index (Phi) is 3.94. The minimum Gasteiger partial charge on any atom is -0.508 e. The molecule has 1 aromatic carbocycles. The lowest BCUT2D eigenvalue weighted by Crippen LogP contribution is -2.10. The van der Waals surface area contributed by atoms with Crippen molar-refractivity contribution in [2.45, 2.75) is 19.8 Å². The molecule has 0 spiro atoms.